The molecule has 0 fully saturated rings. The van der Waals surface area contributed by atoms with E-state index in [1.807, 2.05) is 25.1 Å². The summed E-state index contributed by atoms with van der Waals surface area (Å²) in [4.78, 5) is 7.99. The molecule has 1 atom stereocenters. The molecule has 0 spiro atoms. The van der Waals surface area contributed by atoms with Crippen LogP contribution in [0.5, 0.6) is 5.75 Å². The van der Waals surface area contributed by atoms with Gasteiger partial charge in [-0.05, 0) is 30.2 Å². The molecule has 0 saturated heterocycles. The minimum atomic E-state index is -0.377. The number of nitrogens with zero attached hydrogens (tertiary/aromatic N) is 3. The summed E-state index contributed by atoms with van der Waals surface area (Å²) in [7, 11) is 1.63. The van der Waals surface area contributed by atoms with Crippen molar-refractivity contribution in [3.05, 3.63) is 53.6 Å². The van der Waals surface area contributed by atoms with Crippen molar-refractivity contribution in [2.24, 2.45) is 0 Å². The van der Waals surface area contributed by atoms with Gasteiger partial charge in [-0.15, -0.1) is 0 Å². The molecule has 4 heteroatoms. The van der Waals surface area contributed by atoms with E-state index in [-0.39, 0.29) is 5.92 Å². The molecule has 0 aliphatic heterocycles. The van der Waals surface area contributed by atoms with Gasteiger partial charge in [-0.1, -0.05) is 12.1 Å². The SMILES string of the molecule is COc1ccc(C(C#N)c2ccncn2)cc1C. The fourth-order valence-electron chi connectivity index (χ4n) is 1.86. The Morgan fingerprint density at radius 3 is 2.72 bits per heavy atom. The van der Waals surface area contributed by atoms with Crippen LogP contribution >= 0.6 is 0 Å². The van der Waals surface area contributed by atoms with Crippen LogP contribution in [0.1, 0.15) is 22.7 Å². The van der Waals surface area contributed by atoms with Gasteiger partial charge in [0.05, 0.1) is 18.9 Å². The smallest absolute Gasteiger partial charge is 0.121 e. The van der Waals surface area contributed by atoms with Crippen LogP contribution in [0.25, 0.3) is 0 Å². The molecule has 0 bridgehead atoms. The number of aromatic nitrogens is 2. The minimum absolute atomic E-state index is 0.377. The Hall–Kier alpha value is -2.41. The monoisotopic (exact) mass is 239 g/mol. The van der Waals surface area contributed by atoms with E-state index in [1.165, 1.54) is 6.33 Å². The van der Waals surface area contributed by atoms with Crippen molar-refractivity contribution in [2.75, 3.05) is 7.11 Å². The number of rotatable bonds is 3. The molecule has 0 N–H and O–H groups in total. The fraction of sp³-hybridized carbons (Fsp3) is 0.214. The van der Waals surface area contributed by atoms with Crippen LogP contribution < -0.4 is 4.74 Å². The normalized spacial score (nSPS) is 11.6. The van der Waals surface area contributed by atoms with Crippen LogP contribution in [0, 0.1) is 18.3 Å². The number of methoxy groups -OCH3 is 1. The Kier molecular flexibility index (Phi) is 3.54. The number of hydrogen-bond acceptors (Lipinski definition) is 4. The summed E-state index contributed by atoms with van der Waals surface area (Å²) in [6.45, 7) is 1.96. The zero-order valence-corrected chi connectivity index (χ0v) is 10.3. The van der Waals surface area contributed by atoms with E-state index < -0.39 is 0 Å². The van der Waals surface area contributed by atoms with Gasteiger partial charge in [0.25, 0.3) is 0 Å². The quantitative estimate of drug-likeness (QED) is 0.825. The number of aryl methyl sites for hydroxylation is 1. The zero-order valence-electron chi connectivity index (χ0n) is 10.3. The summed E-state index contributed by atoms with van der Waals surface area (Å²) in [5, 5.41) is 9.31. The molecule has 1 aromatic heterocycles. The molecule has 0 saturated carbocycles. The second-order valence-corrected chi connectivity index (χ2v) is 3.93. The van der Waals surface area contributed by atoms with E-state index in [0.717, 1.165) is 16.9 Å². The molecule has 0 aliphatic rings. The summed E-state index contributed by atoms with van der Waals surface area (Å²) in [6.07, 6.45) is 3.10. The highest BCUT2D eigenvalue weighted by atomic mass is 16.5. The van der Waals surface area contributed by atoms with Crippen LogP contribution in [0.15, 0.2) is 36.8 Å². The van der Waals surface area contributed by atoms with Crippen molar-refractivity contribution in [2.45, 2.75) is 12.8 Å². The van der Waals surface area contributed by atoms with E-state index in [0.29, 0.717) is 5.69 Å². The molecule has 1 aromatic carbocycles. The molecule has 2 aromatic rings. The van der Waals surface area contributed by atoms with Crippen molar-refractivity contribution in [1.82, 2.24) is 9.97 Å². The van der Waals surface area contributed by atoms with Gasteiger partial charge >= 0.3 is 0 Å². The Bertz CT molecular complexity index is 575. The van der Waals surface area contributed by atoms with Crippen LogP contribution in [-0.2, 0) is 0 Å². The number of nitriles is 1. The molecule has 0 radical (unpaired) electrons. The third-order valence-electron chi connectivity index (χ3n) is 2.78. The Morgan fingerprint density at radius 2 is 2.17 bits per heavy atom. The van der Waals surface area contributed by atoms with E-state index in [1.54, 1.807) is 19.4 Å². The lowest BCUT2D eigenvalue weighted by molar-refractivity contribution is 0.411. The average Bonchev–Trinajstić information content (AvgIpc) is 2.41. The first-order valence-electron chi connectivity index (χ1n) is 5.56. The molecular formula is C14H13N3O. The highest BCUT2D eigenvalue weighted by Gasteiger charge is 2.15. The highest BCUT2D eigenvalue weighted by molar-refractivity contribution is 5.42. The van der Waals surface area contributed by atoms with Crippen molar-refractivity contribution in [1.29, 1.82) is 5.26 Å². The van der Waals surface area contributed by atoms with Gasteiger partial charge in [0.2, 0.25) is 0 Å². The maximum Gasteiger partial charge on any atom is 0.121 e. The van der Waals surface area contributed by atoms with Gasteiger partial charge in [0.15, 0.2) is 0 Å². The van der Waals surface area contributed by atoms with Crippen LogP contribution in [0.3, 0.4) is 0 Å². The molecule has 18 heavy (non-hydrogen) atoms. The summed E-state index contributed by atoms with van der Waals surface area (Å²) in [5.74, 6) is 0.440. The van der Waals surface area contributed by atoms with Gasteiger partial charge in [0.1, 0.15) is 18.0 Å². The third-order valence-corrected chi connectivity index (χ3v) is 2.78. The molecule has 0 amide bonds. The number of hydrogen-bond donors (Lipinski definition) is 0. The average molecular weight is 239 g/mol. The zero-order chi connectivity index (χ0) is 13.0. The number of benzene rings is 1. The third kappa shape index (κ3) is 2.30. The molecule has 1 heterocycles. The lowest BCUT2D eigenvalue weighted by Gasteiger charge is -2.11. The largest absolute Gasteiger partial charge is 0.496 e. The predicted molar refractivity (Wildman–Crippen MR) is 67.2 cm³/mol. The van der Waals surface area contributed by atoms with Crippen molar-refractivity contribution in [3.8, 4) is 11.8 Å². The van der Waals surface area contributed by atoms with Crippen molar-refractivity contribution in [3.63, 3.8) is 0 Å². The Morgan fingerprint density at radius 1 is 1.33 bits per heavy atom. The maximum absolute atomic E-state index is 9.31. The lowest BCUT2D eigenvalue weighted by Crippen LogP contribution is -2.02. The molecule has 2 rings (SSSR count). The first kappa shape index (κ1) is 12.1. The van der Waals surface area contributed by atoms with E-state index in [2.05, 4.69) is 16.0 Å². The minimum Gasteiger partial charge on any atom is -0.496 e. The van der Waals surface area contributed by atoms with Crippen LogP contribution in [-0.4, -0.2) is 17.1 Å². The summed E-state index contributed by atoms with van der Waals surface area (Å²) in [5.41, 5.74) is 2.62. The molecule has 1 unspecified atom stereocenters. The van der Waals surface area contributed by atoms with Crippen LogP contribution in [0.4, 0.5) is 0 Å². The topological polar surface area (TPSA) is 58.8 Å². The summed E-state index contributed by atoms with van der Waals surface area (Å²) in [6, 6.07) is 9.74. The van der Waals surface area contributed by atoms with Crippen molar-refractivity contribution < 1.29 is 4.74 Å². The van der Waals surface area contributed by atoms with E-state index in [4.69, 9.17) is 4.74 Å². The Labute approximate surface area is 106 Å². The van der Waals surface area contributed by atoms with Crippen molar-refractivity contribution >= 4 is 0 Å². The summed E-state index contributed by atoms with van der Waals surface area (Å²) >= 11 is 0. The first-order valence-corrected chi connectivity index (χ1v) is 5.56. The second-order valence-electron chi connectivity index (χ2n) is 3.93. The standard InChI is InChI=1S/C14H13N3O/c1-10-7-11(3-4-14(10)18-2)12(8-15)13-5-6-16-9-17-13/h3-7,9,12H,1-2H3. The molecule has 4 nitrogen and oxygen atoms in total. The number of ether oxygens (including phenoxy) is 1. The van der Waals surface area contributed by atoms with Gasteiger partial charge in [-0.2, -0.15) is 5.26 Å². The van der Waals surface area contributed by atoms with Gasteiger partial charge in [-0.25, -0.2) is 9.97 Å². The Balaban J connectivity index is 2.41. The fourth-order valence-corrected chi connectivity index (χ4v) is 1.86. The first-order chi connectivity index (χ1) is 8.76. The highest BCUT2D eigenvalue weighted by Crippen LogP contribution is 2.26. The van der Waals surface area contributed by atoms with E-state index in [9.17, 15) is 5.26 Å². The van der Waals surface area contributed by atoms with Gasteiger partial charge < -0.3 is 4.74 Å². The van der Waals surface area contributed by atoms with Gasteiger partial charge in [0, 0.05) is 6.20 Å². The predicted octanol–water partition coefficient (Wildman–Crippen LogP) is 2.45. The van der Waals surface area contributed by atoms with E-state index >= 15 is 0 Å². The van der Waals surface area contributed by atoms with Crippen LogP contribution in [0.2, 0.25) is 0 Å². The summed E-state index contributed by atoms with van der Waals surface area (Å²) < 4.78 is 5.21. The maximum atomic E-state index is 9.31. The molecular weight excluding hydrogens is 226 g/mol. The van der Waals surface area contributed by atoms with Gasteiger partial charge in [-0.3, -0.25) is 0 Å². The molecule has 0 aliphatic carbocycles. The lowest BCUT2D eigenvalue weighted by atomic mass is 9.95. The molecule has 90 valence electrons. The second kappa shape index (κ2) is 5.28.